The quantitative estimate of drug-likeness (QED) is 0.788. The molecule has 2 aromatic carbocycles. The van der Waals surface area contributed by atoms with Gasteiger partial charge in [0.05, 0.1) is 0 Å². The van der Waals surface area contributed by atoms with Crippen molar-refractivity contribution in [1.29, 1.82) is 0 Å². The number of aryl methyl sites for hydroxylation is 2. The third-order valence-electron chi connectivity index (χ3n) is 3.78. The Morgan fingerprint density at radius 3 is 2.41 bits per heavy atom. The molecule has 0 aliphatic carbocycles. The number of carbonyl (C=O) groups is 1. The molecule has 0 spiro atoms. The van der Waals surface area contributed by atoms with Crippen molar-refractivity contribution in [3.63, 3.8) is 0 Å². The lowest BCUT2D eigenvalue weighted by atomic mass is 10.0. The number of nitrogens with two attached hydrogens (primary N) is 1. The van der Waals surface area contributed by atoms with Crippen molar-refractivity contribution < 1.29 is 4.79 Å². The van der Waals surface area contributed by atoms with Gasteiger partial charge in [0.2, 0.25) is 0 Å². The lowest BCUT2D eigenvalue weighted by Crippen LogP contribution is -2.20. The Balaban J connectivity index is 1.96. The molecular weight excluding hydrogens is 274 g/mol. The summed E-state index contributed by atoms with van der Waals surface area (Å²) >= 11 is 0. The van der Waals surface area contributed by atoms with E-state index in [2.05, 4.69) is 49.6 Å². The van der Waals surface area contributed by atoms with Gasteiger partial charge in [-0.15, -0.1) is 0 Å². The lowest BCUT2D eigenvalue weighted by molar-refractivity contribution is 0.259. The van der Waals surface area contributed by atoms with E-state index >= 15 is 0 Å². The first kappa shape index (κ1) is 16.0. The highest BCUT2D eigenvalue weighted by molar-refractivity contribution is 5.87. The highest BCUT2D eigenvalue weighted by Gasteiger charge is 2.06. The molecule has 2 amide bonds. The van der Waals surface area contributed by atoms with Crippen LogP contribution in [0.1, 0.15) is 35.2 Å². The summed E-state index contributed by atoms with van der Waals surface area (Å²) in [6, 6.07) is 13.9. The summed E-state index contributed by atoms with van der Waals surface area (Å²) < 4.78 is 0. The smallest absolute Gasteiger partial charge is 0.316 e. The van der Waals surface area contributed by atoms with Crippen LogP contribution in [-0.4, -0.2) is 6.03 Å². The second kappa shape index (κ2) is 7.09. The SMILES string of the molecule is Cc1ccc(CNC(C)c2ccc(NC(N)=O)cc2)c(C)c1. The Kier molecular flexibility index (Phi) is 5.17. The molecule has 116 valence electrons. The number of benzene rings is 2. The van der Waals surface area contributed by atoms with Crippen LogP contribution in [0.4, 0.5) is 10.5 Å². The molecule has 0 bridgehead atoms. The minimum Gasteiger partial charge on any atom is -0.351 e. The fraction of sp³-hybridized carbons (Fsp3) is 0.278. The van der Waals surface area contributed by atoms with Gasteiger partial charge in [0.25, 0.3) is 0 Å². The zero-order valence-electron chi connectivity index (χ0n) is 13.3. The van der Waals surface area contributed by atoms with E-state index in [1.807, 2.05) is 24.3 Å². The van der Waals surface area contributed by atoms with E-state index < -0.39 is 6.03 Å². The van der Waals surface area contributed by atoms with E-state index in [0.29, 0.717) is 5.69 Å². The van der Waals surface area contributed by atoms with E-state index in [1.165, 1.54) is 22.3 Å². The zero-order valence-corrected chi connectivity index (χ0v) is 13.3. The van der Waals surface area contributed by atoms with Crippen molar-refractivity contribution in [3.05, 3.63) is 64.7 Å². The molecule has 2 rings (SSSR count). The van der Waals surface area contributed by atoms with Crippen LogP contribution in [0.25, 0.3) is 0 Å². The predicted molar refractivity (Wildman–Crippen MR) is 90.8 cm³/mol. The molecule has 0 radical (unpaired) electrons. The normalized spacial score (nSPS) is 12.0. The summed E-state index contributed by atoms with van der Waals surface area (Å²) in [4.78, 5) is 10.8. The summed E-state index contributed by atoms with van der Waals surface area (Å²) in [6.45, 7) is 7.20. The van der Waals surface area contributed by atoms with Crippen molar-refractivity contribution in [1.82, 2.24) is 5.32 Å². The van der Waals surface area contributed by atoms with E-state index in [4.69, 9.17) is 5.73 Å². The summed E-state index contributed by atoms with van der Waals surface area (Å²) in [5, 5.41) is 6.08. The van der Waals surface area contributed by atoms with Crippen LogP contribution in [0.2, 0.25) is 0 Å². The van der Waals surface area contributed by atoms with Gasteiger partial charge in [-0.3, -0.25) is 0 Å². The average molecular weight is 297 g/mol. The van der Waals surface area contributed by atoms with E-state index in [1.54, 1.807) is 0 Å². The number of hydrogen-bond acceptors (Lipinski definition) is 2. The van der Waals surface area contributed by atoms with Gasteiger partial charge < -0.3 is 16.4 Å². The second-order valence-corrected chi connectivity index (χ2v) is 5.64. The molecule has 0 aromatic heterocycles. The fourth-order valence-electron chi connectivity index (χ4n) is 2.42. The minimum absolute atomic E-state index is 0.225. The predicted octanol–water partition coefficient (Wildman–Crippen LogP) is 3.64. The molecule has 0 heterocycles. The van der Waals surface area contributed by atoms with Crippen molar-refractivity contribution >= 4 is 11.7 Å². The van der Waals surface area contributed by atoms with Crippen LogP contribution in [0.5, 0.6) is 0 Å². The fourth-order valence-corrected chi connectivity index (χ4v) is 2.42. The molecule has 4 nitrogen and oxygen atoms in total. The van der Waals surface area contributed by atoms with Gasteiger partial charge in [-0.2, -0.15) is 0 Å². The topological polar surface area (TPSA) is 67.2 Å². The number of nitrogens with one attached hydrogen (secondary N) is 2. The van der Waals surface area contributed by atoms with Crippen LogP contribution in [0.15, 0.2) is 42.5 Å². The second-order valence-electron chi connectivity index (χ2n) is 5.64. The van der Waals surface area contributed by atoms with Crippen molar-refractivity contribution in [2.45, 2.75) is 33.4 Å². The molecule has 1 atom stereocenters. The van der Waals surface area contributed by atoms with Crippen molar-refractivity contribution in [2.75, 3.05) is 5.32 Å². The van der Waals surface area contributed by atoms with Gasteiger partial charge in [-0.25, -0.2) is 4.79 Å². The van der Waals surface area contributed by atoms with Crippen LogP contribution < -0.4 is 16.4 Å². The average Bonchev–Trinajstić information content (AvgIpc) is 2.46. The molecular formula is C18H23N3O. The minimum atomic E-state index is -0.547. The van der Waals surface area contributed by atoms with Gasteiger partial charge in [-0.1, -0.05) is 35.9 Å². The zero-order chi connectivity index (χ0) is 16.1. The summed E-state index contributed by atoms with van der Waals surface area (Å²) in [7, 11) is 0. The Morgan fingerprint density at radius 1 is 1.14 bits per heavy atom. The number of amides is 2. The first-order valence-electron chi connectivity index (χ1n) is 7.41. The highest BCUT2D eigenvalue weighted by atomic mass is 16.2. The Labute approximate surface area is 131 Å². The van der Waals surface area contributed by atoms with Crippen molar-refractivity contribution in [2.24, 2.45) is 5.73 Å². The van der Waals surface area contributed by atoms with Gasteiger partial charge in [0, 0.05) is 18.3 Å². The molecule has 0 aliphatic rings. The third kappa shape index (κ3) is 4.33. The number of rotatable bonds is 5. The Hall–Kier alpha value is -2.33. The highest BCUT2D eigenvalue weighted by Crippen LogP contribution is 2.17. The van der Waals surface area contributed by atoms with Gasteiger partial charge >= 0.3 is 6.03 Å². The molecule has 4 heteroatoms. The summed E-state index contributed by atoms with van der Waals surface area (Å²) in [5.41, 5.74) is 10.9. The number of urea groups is 1. The molecule has 1 unspecified atom stereocenters. The molecule has 2 aromatic rings. The van der Waals surface area contributed by atoms with Crippen molar-refractivity contribution in [3.8, 4) is 0 Å². The van der Waals surface area contributed by atoms with Gasteiger partial charge in [0.15, 0.2) is 0 Å². The van der Waals surface area contributed by atoms with E-state index in [-0.39, 0.29) is 6.04 Å². The Morgan fingerprint density at radius 2 is 1.82 bits per heavy atom. The standard InChI is InChI=1S/C18H23N3O/c1-12-4-5-16(13(2)10-12)11-20-14(3)15-6-8-17(9-7-15)21-18(19)22/h4-10,14,20H,11H2,1-3H3,(H3,19,21,22). The monoisotopic (exact) mass is 297 g/mol. The first-order valence-corrected chi connectivity index (χ1v) is 7.41. The largest absolute Gasteiger partial charge is 0.351 e. The molecule has 0 fully saturated rings. The Bertz CT molecular complexity index is 650. The van der Waals surface area contributed by atoms with E-state index in [0.717, 1.165) is 6.54 Å². The number of carbonyl (C=O) groups excluding carboxylic acids is 1. The summed E-state index contributed by atoms with van der Waals surface area (Å²) in [6.07, 6.45) is 0. The number of hydrogen-bond donors (Lipinski definition) is 3. The van der Waals surface area contributed by atoms with Crippen LogP contribution in [-0.2, 0) is 6.54 Å². The number of primary amides is 1. The van der Waals surface area contributed by atoms with Crippen LogP contribution >= 0.6 is 0 Å². The van der Waals surface area contributed by atoms with Gasteiger partial charge in [0.1, 0.15) is 0 Å². The summed E-state index contributed by atoms with van der Waals surface area (Å²) in [5.74, 6) is 0. The maximum Gasteiger partial charge on any atom is 0.316 e. The van der Waals surface area contributed by atoms with E-state index in [9.17, 15) is 4.79 Å². The molecule has 4 N–H and O–H groups in total. The lowest BCUT2D eigenvalue weighted by Gasteiger charge is -2.16. The molecule has 0 saturated heterocycles. The number of anilines is 1. The van der Waals surface area contributed by atoms with Crippen LogP contribution in [0, 0.1) is 13.8 Å². The van der Waals surface area contributed by atoms with Gasteiger partial charge in [-0.05, 0) is 49.6 Å². The molecule has 22 heavy (non-hydrogen) atoms. The van der Waals surface area contributed by atoms with Crippen LogP contribution in [0.3, 0.4) is 0 Å². The first-order chi connectivity index (χ1) is 10.5. The maximum absolute atomic E-state index is 10.8. The maximum atomic E-state index is 10.8. The third-order valence-corrected chi connectivity index (χ3v) is 3.78. The molecule has 0 saturated carbocycles. The molecule has 0 aliphatic heterocycles.